The number of fused-ring (bicyclic) bond motifs is 7. The Morgan fingerprint density at radius 1 is 0.667 bits per heavy atom. The van der Waals surface area contributed by atoms with Gasteiger partial charge in [-0.15, -0.1) is 0 Å². The number of ether oxygens (including phenoxy) is 1. The summed E-state index contributed by atoms with van der Waals surface area (Å²) in [6.45, 7) is 30.2. The number of allylic oxidation sites excluding steroid dienone is 1. The number of piperidine rings is 2. The fourth-order valence-electron chi connectivity index (χ4n) is 11.6. The first-order chi connectivity index (χ1) is 37.6. The molecule has 0 spiro atoms. The molecule has 12 nitrogen and oxygen atoms in total. The number of carbonyl (C=O) groups is 3. The predicted octanol–water partition coefficient (Wildman–Crippen LogP) is 12.9. The zero-order chi connectivity index (χ0) is 55.7. The van der Waals surface area contributed by atoms with E-state index in [1.807, 2.05) is 55.2 Å². The first-order valence-electron chi connectivity index (χ1n) is 29.6. The van der Waals surface area contributed by atoms with E-state index in [2.05, 4.69) is 154 Å². The zero-order valence-electron chi connectivity index (χ0n) is 49.0. The van der Waals surface area contributed by atoms with E-state index < -0.39 is 0 Å². The molecule has 6 aliphatic heterocycles. The highest BCUT2D eigenvalue weighted by atomic mass is 16.5. The number of aromatic nitrogens is 1. The molecule has 6 aliphatic rings. The van der Waals surface area contributed by atoms with Gasteiger partial charge in [0.1, 0.15) is 0 Å². The standard InChI is InChI=1S/C17H22N2O2.C14H20N2.C14H18N2.C13H19NO.C8H15NO/c1-14(2)18-12-7-13-19(17(18)21)16(20)11-6-10-15-8-4-3-5-9-15;2*1-10(2)16-8-7-12-11-5-3-4-6-13(11)15-14(12)9-16;1-10(2)15-8-7-11-9-14-13-6-4-3-5-12(11)13;1-7(2)9-6-4-3-5-8(9)10/h3-6,8-9,11,14H,7,10,12-13H2,1-2H3;3-6,10,12,14-15H,7-9H2,1-2H3;3-6,10,15H,7-9H2,1-2H3;3-6,10-11,14H,7-9H2,1-2H3;7H,3-6H2,1-2H3/b11-6+;;;;. The van der Waals surface area contributed by atoms with Crippen LogP contribution in [0, 0.1) is 0 Å². The molecule has 3 fully saturated rings. The van der Waals surface area contributed by atoms with Crippen LogP contribution in [0.3, 0.4) is 0 Å². The van der Waals surface area contributed by atoms with E-state index in [1.165, 1.54) is 94.5 Å². The lowest BCUT2D eigenvalue weighted by atomic mass is 9.88. The summed E-state index contributed by atoms with van der Waals surface area (Å²) < 4.78 is 5.59. The Bertz CT molecular complexity index is 2700. The van der Waals surface area contributed by atoms with E-state index in [1.54, 1.807) is 4.90 Å². The van der Waals surface area contributed by atoms with Crippen molar-refractivity contribution in [2.75, 3.05) is 63.1 Å². The number of likely N-dealkylation sites (tertiary alicyclic amines) is 2. The largest absolute Gasteiger partial charge is 0.384 e. The minimum atomic E-state index is -0.221. The van der Waals surface area contributed by atoms with E-state index in [-0.39, 0.29) is 18.0 Å². The van der Waals surface area contributed by atoms with Crippen molar-refractivity contribution in [2.45, 2.75) is 175 Å². The number of para-hydroxylation sites is 3. The number of nitrogens with zero attached hydrogens (tertiary/aromatic N) is 5. The average molecular weight is 1060 g/mol. The van der Waals surface area contributed by atoms with Crippen LogP contribution in [0.1, 0.15) is 148 Å². The number of anilines is 2. The van der Waals surface area contributed by atoms with Gasteiger partial charge in [-0.1, -0.05) is 91.0 Å². The van der Waals surface area contributed by atoms with E-state index in [4.69, 9.17) is 4.74 Å². The van der Waals surface area contributed by atoms with Crippen molar-refractivity contribution < 1.29 is 19.1 Å². The quantitative estimate of drug-likeness (QED) is 0.112. The molecule has 0 aliphatic carbocycles. The molecule has 3 N–H and O–H groups in total. The first kappa shape index (κ1) is 59.7. The van der Waals surface area contributed by atoms with Gasteiger partial charge in [-0.2, -0.15) is 0 Å². The summed E-state index contributed by atoms with van der Waals surface area (Å²) in [5, 5.41) is 8.53. The van der Waals surface area contributed by atoms with Gasteiger partial charge in [-0.3, -0.25) is 24.3 Å². The molecular formula is C66H94N8O4. The summed E-state index contributed by atoms with van der Waals surface area (Å²) in [5.74, 6) is 1.48. The van der Waals surface area contributed by atoms with Crippen molar-refractivity contribution in [2.24, 2.45) is 0 Å². The number of aromatic amines is 1. The van der Waals surface area contributed by atoms with Crippen LogP contribution in [0.5, 0.6) is 0 Å². The highest BCUT2D eigenvalue weighted by Gasteiger charge is 2.37. The third kappa shape index (κ3) is 16.3. The number of nitrogens with one attached hydrogen (secondary N) is 3. The molecule has 0 saturated carbocycles. The maximum atomic E-state index is 12.2. The summed E-state index contributed by atoms with van der Waals surface area (Å²) in [5.41, 5.74) is 11.0. The molecule has 3 unspecified atom stereocenters. The molecule has 1 aromatic heterocycles. The predicted molar refractivity (Wildman–Crippen MR) is 322 cm³/mol. The first-order valence-corrected chi connectivity index (χ1v) is 29.6. The monoisotopic (exact) mass is 1060 g/mol. The van der Waals surface area contributed by atoms with Crippen LogP contribution in [0.15, 0.2) is 115 Å². The van der Waals surface area contributed by atoms with Gasteiger partial charge in [0.15, 0.2) is 0 Å². The second kappa shape index (κ2) is 29.3. The van der Waals surface area contributed by atoms with E-state index in [0.29, 0.717) is 55.1 Å². The molecule has 78 heavy (non-hydrogen) atoms. The van der Waals surface area contributed by atoms with E-state index in [0.717, 1.165) is 70.0 Å². The van der Waals surface area contributed by atoms with E-state index >= 15 is 0 Å². The smallest absolute Gasteiger partial charge is 0.327 e. The number of amides is 4. The summed E-state index contributed by atoms with van der Waals surface area (Å²) in [6.07, 6.45) is 11.8. The lowest BCUT2D eigenvalue weighted by molar-refractivity contribution is -0.135. The highest BCUT2D eigenvalue weighted by molar-refractivity contribution is 6.00. The van der Waals surface area contributed by atoms with Gasteiger partial charge in [0.25, 0.3) is 5.91 Å². The summed E-state index contributed by atoms with van der Waals surface area (Å²) in [6, 6.07) is 38.2. The topological polar surface area (TPSA) is 116 Å². The average Bonchev–Trinajstić information content (AvgIpc) is 4.20. The lowest BCUT2D eigenvalue weighted by Gasteiger charge is -2.37. The maximum absolute atomic E-state index is 12.2. The van der Waals surface area contributed by atoms with Crippen molar-refractivity contribution in [1.82, 2.24) is 29.5 Å². The number of benzene rings is 4. The maximum Gasteiger partial charge on any atom is 0.327 e. The summed E-state index contributed by atoms with van der Waals surface area (Å²) >= 11 is 0. The number of urea groups is 1. The number of hydrogen-bond donors (Lipinski definition) is 3. The van der Waals surface area contributed by atoms with Gasteiger partial charge in [0.05, 0.1) is 6.10 Å². The number of rotatable bonds is 11. The molecule has 0 bridgehead atoms. The van der Waals surface area contributed by atoms with Crippen molar-refractivity contribution in [3.8, 4) is 0 Å². The molecule has 4 aromatic carbocycles. The Morgan fingerprint density at radius 3 is 2.03 bits per heavy atom. The minimum absolute atomic E-state index is 0.126. The van der Waals surface area contributed by atoms with E-state index in [9.17, 15) is 14.4 Å². The number of H-pyrrole nitrogens is 1. The minimum Gasteiger partial charge on any atom is -0.384 e. The number of carbonyl (C=O) groups excluding carboxylic acids is 3. The van der Waals surface area contributed by atoms with Crippen LogP contribution in [-0.2, 0) is 33.7 Å². The second-order valence-corrected chi connectivity index (χ2v) is 23.3. The molecule has 12 heteroatoms. The highest BCUT2D eigenvalue weighted by Crippen LogP contribution is 2.41. The lowest BCUT2D eigenvalue weighted by Crippen LogP contribution is -2.53. The molecule has 7 heterocycles. The Morgan fingerprint density at radius 2 is 1.33 bits per heavy atom. The fourth-order valence-corrected chi connectivity index (χ4v) is 11.6. The van der Waals surface area contributed by atoms with Crippen LogP contribution in [0.2, 0.25) is 0 Å². The zero-order valence-corrected chi connectivity index (χ0v) is 49.0. The Kier molecular flexibility index (Phi) is 22.4. The van der Waals surface area contributed by atoms with Gasteiger partial charge in [-0.25, -0.2) is 4.79 Å². The van der Waals surface area contributed by atoms with Crippen LogP contribution in [0.4, 0.5) is 16.2 Å². The van der Waals surface area contributed by atoms with Crippen molar-refractivity contribution in [3.05, 3.63) is 143 Å². The SMILES string of the molecule is CC(C)N1CCC2c3ccccc3NC2C1.CC(C)N1CCCCC1=O.CC(C)N1CCCN(C(=O)/C=C/Cc2ccccc2)C1=O.CC(C)N1CCc2c([nH]c3ccccc23)C1.CC(C)OCCC1CNc2ccccc21. The normalized spacial score (nSPS) is 19.9. The molecule has 11 rings (SSSR count). The van der Waals surface area contributed by atoms with Gasteiger partial charge >= 0.3 is 6.03 Å². The Labute approximate surface area is 468 Å². The van der Waals surface area contributed by atoms with Gasteiger partial charge in [0.2, 0.25) is 5.91 Å². The third-order valence-electron chi connectivity index (χ3n) is 16.2. The van der Waals surface area contributed by atoms with Gasteiger partial charge in [-0.05, 0) is 167 Å². The summed E-state index contributed by atoms with van der Waals surface area (Å²) in [7, 11) is 0. The van der Waals surface area contributed by atoms with Gasteiger partial charge in [0, 0.05) is 129 Å². The Balaban J connectivity index is 0.000000144. The molecule has 5 aromatic rings. The van der Waals surface area contributed by atoms with Crippen molar-refractivity contribution in [1.29, 1.82) is 0 Å². The van der Waals surface area contributed by atoms with Crippen molar-refractivity contribution >= 4 is 40.1 Å². The molecule has 0 radical (unpaired) electrons. The Hall–Kier alpha value is -5.95. The third-order valence-corrected chi connectivity index (χ3v) is 16.2. The van der Waals surface area contributed by atoms with Crippen LogP contribution >= 0.6 is 0 Å². The molecule has 4 amide bonds. The number of hydrogen-bond acceptors (Lipinski definition) is 8. The number of imide groups is 1. The molecule has 3 atom stereocenters. The van der Waals surface area contributed by atoms with Crippen LogP contribution in [0.25, 0.3) is 10.9 Å². The molecular weight excluding hydrogens is 969 g/mol. The van der Waals surface area contributed by atoms with Crippen LogP contribution < -0.4 is 10.6 Å². The van der Waals surface area contributed by atoms with Gasteiger partial charge < -0.3 is 30.2 Å². The van der Waals surface area contributed by atoms with Crippen LogP contribution in [-0.4, -0.2) is 136 Å². The fraction of sp³-hybridized carbons (Fsp3) is 0.530. The summed E-state index contributed by atoms with van der Waals surface area (Å²) in [4.78, 5) is 49.3. The molecule has 422 valence electrons. The molecule has 3 saturated heterocycles. The second-order valence-electron chi connectivity index (χ2n) is 23.3. The van der Waals surface area contributed by atoms with Crippen molar-refractivity contribution in [3.63, 3.8) is 0 Å².